The second-order valence-electron chi connectivity index (χ2n) is 3.08. The van der Waals surface area contributed by atoms with Gasteiger partial charge >= 0.3 is 0 Å². The number of halogens is 2. The molecule has 76 valence electrons. The van der Waals surface area contributed by atoms with Crippen LogP contribution in [0.25, 0.3) is 0 Å². The minimum atomic E-state index is -0.698. The van der Waals surface area contributed by atoms with Crippen LogP contribution in [0.15, 0.2) is 30.4 Å². The summed E-state index contributed by atoms with van der Waals surface area (Å²) in [5.74, 6) is 3.94. The first-order chi connectivity index (χ1) is 6.57. The lowest BCUT2D eigenvalue weighted by Crippen LogP contribution is -2.30. The van der Waals surface area contributed by atoms with Gasteiger partial charge in [0.25, 0.3) is 0 Å². The molecule has 0 heterocycles. The van der Waals surface area contributed by atoms with Crippen LogP contribution in [0.2, 0.25) is 0 Å². The minimum Gasteiger partial charge on any atom is -0.271 e. The Morgan fingerprint density at radius 1 is 1.43 bits per heavy atom. The Bertz CT molecular complexity index is 330. The van der Waals surface area contributed by atoms with Gasteiger partial charge in [-0.15, -0.1) is 0 Å². The van der Waals surface area contributed by atoms with Crippen molar-refractivity contribution < 1.29 is 8.78 Å². The third-order valence-corrected chi connectivity index (χ3v) is 1.95. The SMILES string of the molecule is C=C(C)C(NN)c1c(F)cccc1F. The summed E-state index contributed by atoms with van der Waals surface area (Å²) in [6.45, 7) is 5.26. The van der Waals surface area contributed by atoms with Crippen LogP contribution in [-0.2, 0) is 0 Å². The molecule has 0 aromatic heterocycles. The van der Waals surface area contributed by atoms with E-state index in [9.17, 15) is 8.78 Å². The highest BCUT2D eigenvalue weighted by atomic mass is 19.1. The summed E-state index contributed by atoms with van der Waals surface area (Å²) in [5, 5.41) is 0. The van der Waals surface area contributed by atoms with Crippen LogP contribution < -0.4 is 11.3 Å². The maximum atomic E-state index is 13.3. The molecule has 3 N–H and O–H groups in total. The van der Waals surface area contributed by atoms with E-state index in [1.807, 2.05) is 0 Å². The maximum absolute atomic E-state index is 13.3. The molecule has 0 spiro atoms. The van der Waals surface area contributed by atoms with Crippen molar-refractivity contribution in [2.24, 2.45) is 5.84 Å². The lowest BCUT2D eigenvalue weighted by atomic mass is 10.0. The summed E-state index contributed by atoms with van der Waals surface area (Å²) in [6.07, 6.45) is 0. The molecular weight excluding hydrogens is 186 g/mol. The highest BCUT2D eigenvalue weighted by Crippen LogP contribution is 2.24. The summed E-state index contributed by atoms with van der Waals surface area (Å²) in [6, 6.07) is 2.98. The number of hydrazine groups is 1. The lowest BCUT2D eigenvalue weighted by molar-refractivity contribution is 0.507. The van der Waals surface area contributed by atoms with Crippen LogP contribution >= 0.6 is 0 Å². The minimum absolute atomic E-state index is 0.0949. The normalized spacial score (nSPS) is 12.6. The van der Waals surface area contributed by atoms with Gasteiger partial charge in [-0.1, -0.05) is 18.2 Å². The van der Waals surface area contributed by atoms with Crippen molar-refractivity contribution in [1.82, 2.24) is 5.43 Å². The number of rotatable bonds is 3. The molecule has 0 saturated carbocycles. The summed E-state index contributed by atoms with van der Waals surface area (Å²) < 4.78 is 26.5. The van der Waals surface area contributed by atoms with E-state index in [4.69, 9.17) is 5.84 Å². The lowest BCUT2D eigenvalue weighted by Gasteiger charge is -2.17. The highest BCUT2D eigenvalue weighted by Gasteiger charge is 2.18. The smallest absolute Gasteiger partial charge is 0.131 e. The quantitative estimate of drug-likeness (QED) is 0.443. The Balaban J connectivity index is 3.22. The molecule has 1 atom stereocenters. The van der Waals surface area contributed by atoms with E-state index in [0.717, 1.165) is 0 Å². The number of benzene rings is 1. The Kier molecular flexibility index (Phi) is 3.33. The molecule has 0 saturated heterocycles. The van der Waals surface area contributed by atoms with E-state index in [1.54, 1.807) is 6.92 Å². The van der Waals surface area contributed by atoms with Crippen molar-refractivity contribution >= 4 is 0 Å². The monoisotopic (exact) mass is 198 g/mol. The molecule has 2 nitrogen and oxygen atoms in total. The first-order valence-corrected chi connectivity index (χ1v) is 4.13. The Morgan fingerprint density at radius 3 is 2.29 bits per heavy atom. The highest BCUT2D eigenvalue weighted by molar-refractivity contribution is 5.28. The van der Waals surface area contributed by atoms with Crippen LogP contribution in [0.4, 0.5) is 8.78 Å². The predicted octanol–water partition coefficient (Wildman–Crippen LogP) is 2.05. The zero-order valence-electron chi connectivity index (χ0n) is 7.85. The molecule has 1 aromatic rings. The van der Waals surface area contributed by atoms with Crippen LogP contribution in [0.3, 0.4) is 0 Å². The molecule has 1 aromatic carbocycles. The van der Waals surface area contributed by atoms with E-state index in [-0.39, 0.29) is 5.56 Å². The van der Waals surface area contributed by atoms with Gasteiger partial charge in [-0.2, -0.15) is 0 Å². The molecule has 0 radical (unpaired) electrons. The third-order valence-electron chi connectivity index (χ3n) is 1.95. The van der Waals surface area contributed by atoms with Gasteiger partial charge in [0.05, 0.1) is 6.04 Å². The third kappa shape index (κ3) is 1.97. The topological polar surface area (TPSA) is 38.0 Å². The van der Waals surface area contributed by atoms with Crippen molar-refractivity contribution in [2.75, 3.05) is 0 Å². The van der Waals surface area contributed by atoms with Gasteiger partial charge in [0, 0.05) is 5.56 Å². The van der Waals surface area contributed by atoms with Crippen molar-refractivity contribution in [3.8, 4) is 0 Å². The molecule has 0 aliphatic carbocycles. The molecular formula is C10H12F2N2. The van der Waals surface area contributed by atoms with Gasteiger partial charge in [0.2, 0.25) is 0 Å². The van der Waals surface area contributed by atoms with E-state index in [1.165, 1.54) is 18.2 Å². The molecule has 1 rings (SSSR count). The second kappa shape index (κ2) is 4.30. The van der Waals surface area contributed by atoms with E-state index >= 15 is 0 Å². The zero-order valence-corrected chi connectivity index (χ0v) is 7.85. The largest absolute Gasteiger partial charge is 0.271 e. The van der Waals surface area contributed by atoms with Crippen molar-refractivity contribution in [1.29, 1.82) is 0 Å². The van der Waals surface area contributed by atoms with Crippen molar-refractivity contribution in [3.63, 3.8) is 0 Å². The van der Waals surface area contributed by atoms with Crippen LogP contribution in [0, 0.1) is 11.6 Å². The van der Waals surface area contributed by atoms with E-state index < -0.39 is 17.7 Å². The Morgan fingerprint density at radius 2 is 1.93 bits per heavy atom. The van der Waals surface area contributed by atoms with E-state index in [2.05, 4.69) is 12.0 Å². The number of hydrogen-bond acceptors (Lipinski definition) is 2. The molecule has 0 aliphatic heterocycles. The maximum Gasteiger partial charge on any atom is 0.131 e. The Labute approximate surface area is 81.4 Å². The standard InChI is InChI=1S/C10H12F2N2/c1-6(2)10(14-13)9-7(11)4-3-5-8(9)12/h3-5,10,14H,1,13H2,2H3. The predicted molar refractivity (Wildman–Crippen MR) is 51.2 cm³/mol. The number of hydrogen-bond donors (Lipinski definition) is 2. The van der Waals surface area contributed by atoms with Crippen LogP contribution in [-0.4, -0.2) is 0 Å². The molecule has 0 fully saturated rings. The van der Waals surface area contributed by atoms with Crippen molar-refractivity contribution in [2.45, 2.75) is 13.0 Å². The summed E-state index contributed by atoms with van der Waals surface area (Å²) in [4.78, 5) is 0. The number of nitrogens with one attached hydrogen (secondary N) is 1. The molecule has 4 heteroatoms. The van der Waals surface area contributed by atoms with Crippen LogP contribution in [0.1, 0.15) is 18.5 Å². The van der Waals surface area contributed by atoms with Crippen LogP contribution in [0.5, 0.6) is 0 Å². The second-order valence-corrected chi connectivity index (χ2v) is 3.08. The fourth-order valence-corrected chi connectivity index (χ4v) is 1.26. The first-order valence-electron chi connectivity index (χ1n) is 4.13. The molecule has 1 unspecified atom stereocenters. The summed E-state index contributed by atoms with van der Waals surface area (Å²) >= 11 is 0. The van der Waals surface area contributed by atoms with Gasteiger partial charge < -0.3 is 0 Å². The van der Waals surface area contributed by atoms with Gasteiger partial charge in [-0.05, 0) is 19.1 Å². The number of nitrogens with two attached hydrogens (primary N) is 1. The summed E-state index contributed by atoms with van der Waals surface area (Å²) in [5.41, 5.74) is 2.78. The fraction of sp³-hybridized carbons (Fsp3) is 0.200. The van der Waals surface area contributed by atoms with E-state index in [0.29, 0.717) is 5.57 Å². The Hall–Kier alpha value is -1.26. The van der Waals surface area contributed by atoms with Gasteiger partial charge in [-0.25, -0.2) is 14.2 Å². The van der Waals surface area contributed by atoms with Gasteiger partial charge in [0.1, 0.15) is 11.6 Å². The fourth-order valence-electron chi connectivity index (χ4n) is 1.26. The molecule has 0 amide bonds. The molecule has 0 bridgehead atoms. The van der Waals surface area contributed by atoms with Crippen molar-refractivity contribution in [3.05, 3.63) is 47.5 Å². The first kappa shape index (κ1) is 10.8. The van der Waals surface area contributed by atoms with Gasteiger partial charge in [0.15, 0.2) is 0 Å². The summed E-state index contributed by atoms with van der Waals surface area (Å²) in [7, 11) is 0. The average molecular weight is 198 g/mol. The zero-order chi connectivity index (χ0) is 10.7. The van der Waals surface area contributed by atoms with Gasteiger partial charge in [-0.3, -0.25) is 5.84 Å². The average Bonchev–Trinajstić information content (AvgIpc) is 2.10. The molecule has 14 heavy (non-hydrogen) atoms. The molecule has 0 aliphatic rings.